The Morgan fingerprint density at radius 1 is 1.00 bits per heavy atom. The van der Waals surface area contributed by atoms with E-state index in [0.29, 0.717) is 24.7 Å². The fourth-order valence-electron chi connectivity index (χ4n) is 2.85. The first-order chi connectivity index (χ1) is 13.5. The average Bonchev–Trinajstić information content (AvgIpc) is 2.69. The van der Waals surface area contributed by atoms with E-state index < -0.39 is 0 Å². The molecule has 0 aliphatic carbocycles. The van der Waals surface area contributed by atoms with Crippen LogP contribution in [0.15, 0.2) is 59.1 Å². The van der Waals surface area contributed by atoms with Crippen LogP contribution in [-0.4, -0.2) is 7.11 Å². The molecule has 0 bridgehead atoms. The molecule has 28 heavy (non-hydrogen) atoms. The summed E-state index contributed by atoms with van der Waals surface area (Å²) in [5.41, 5.74) is 5.47. The van der Waals surface area contributed by atoms with Crippen LogP contribution < -0.4 is 14.8 Å². The fraction of sp³-hybridized carbons (Fsp3) is 0.217. The minimum Gasteiger partial charge on any atom is -0.493 e. The van der Waals surface area contributed by atoms with E-state index in [2.05, 4.69) is 52.4 Å². The number of hydrogen-bond acceptors (Lipinski definition) is 3. The SMILES string of the molecule is COc1cc(CNc2cccc(Cl)c2C)cc(Br)c1OCc1ccc(C)cc1. The Hall–Kier alpha value is -2.17. The highest BCUT2D eigenvalue weighted by molar-refractivity contribution is 9.10. The summed E-state index contributed by atoms with van der Waals surface area (Å²) in [7, 11) is 1.65. The zero-order valence-electron chi connectivity index (χ0n) is 16.2. The van der Waals surface area contributed by atoms with Crippen LogP contribution in [0.4, 0.5) is 5.69 Å². The number of ether oxygens (including phenoxy) is 2. The number of benzene rings is 3. The molecule has 0 saturated carbocycles. The molecule has 0 saturated heterocycles. The fourth-order valence-corrected chi connectivity index (χ4v) is 3.63. The largest absolute Gasteiger partial charge is 0.493 e. The second kappa shape index (κ2) is 9.35. The molecular weight excluding hydrogens is 438 g/mol. The molecule has 0 heterocycles. The number of methoxy groups -OCH3 is 1. The lowest BCUT2D eigenvalue weighted by atomic mass is 10.1. The second-order valence-electron chi connectivity index (χ2n) is 6.65. The number of hydrogen-bond donors (Lipinski definition) is 1. The molecule has 5 heteroatoms. The molecule has 0 unspecified atom stereocenters. The highest BCUT2D eigenvalue weighted by Gasteiger charge is 2.12. The van der Waals surface area contributed by atoms with Gasteiger partial charge in [0.05, 0.1) is 11.6 Å². The maximum absolute atomic E-state index is 6.20. The van der Waals surface area contributed by atoms with Crippen molar-refractivity contribution in [1.82, 2.24) is 0 Å². The van der Waals surface area contributed by atoms with Crippen molar-refractivity contribution in [1.29, 1.82) is 0 Å². The Balaban J connectivity index is 1.73. The van der Waals surface area contributed by atoms with Gasteiger partial charge < -0.3 is 14.8 Å². The Kier molecular flexibility index (Phi) is 6.87. The van der Waals surface area contributed by atoms with E-state index in [1.165, 1.54) is 5.56 Å². The zero-order valence-corrected chi connectivity index (χ0v) is 18.5. The van der Waals surface area contributed by atoms with Gasteiger partial charge in [0, 0.05) is 17.3 Å². The molecule has 0 aliphatic heterocycles. The van der Waals surface area contributed by atoms with Gasteiger partial charge in [-0.3, -0.25) is 0 Å². The number of aryl methyl sites for hydroxylation is 1. The van der Waals surface area contributed by atoms with Crippen LogP contribution in [0.5, 0.6) is 11.5 Å². The molecule has 3 aromatic rings. The predicted molar refractivity (Wildman–Crippen MR) is 120 cm³/mol. The number of anilines is 1. The van der Waals surface area contributed by atoms with Crippen molar-refractivity contribution in [3.63, 3.8) is 0 Å². The first-order valence-electron chi connectivity index (χ1n) is 9.01. The first-order valence-corrected chi connectivity index (χ1v) is 10.2. The molecule has 146 valence electrons. The van der Waals surface area contributed by atoms with Crippen LogP contribution in [0.1, 0.15) is 22.3 Å². The van der Waals surface area contributed by atoms with E-state index in [-0.39, 0.29) is 0 Å². The smallest absolute Gasteiger partial charge is 0.175 e. The Morgan fingerprint density at radius 3 is 2.46 bits per heavy atom. The predicted octanol–water partition coefficient (Wildman–Crippen LogP) is 6.92. The normalized spacial score (nSPS) is 10.6. The summed E-state index contributed by atoms with van der Waals surface area (Å²) in [6, 6.07) is 18.2. The van der Waals surface area contributed by atoms with Gasteiger partial charge in [-0.2, -0.15) is 0 Å². The van der Waals surface area contributed by atoms with Gasteiger partial charge in [-0.05, 0) is 70.7 Å². The van der Waals surface area contributed by atoms with Gasteiger partial charge in [0.1, 0.15) is 6.61 Å². The van der Waals surface area contributed by atoms with Gasteiger partial charge in [-0.25, -0.2) is 0 Å². The van der Waals surface area contributed by atoms with E-state index in [4.69, 9.17) is 21.1 Å². The molecule has 3 aromatic carbocycles. The van der Waals surface area contributed by atoms with Crippen LogP contribution in [-0.2, 0) is 13.2 Å². The van der Waals surface area contributed by atoms with Crippen molar-refractivity contribution in [2.75, 3.05) is 12.4 Å². The molecule has 1 N–H and O–H groups in total. The van der Waals surface area contributed by atoms with E-state index in [1.54, 1.807) is 7.11 Å². The Labute approximate surface area is 179 Å². The van der Waals surface area contributed by atoms with Crippen LogP contribution in [0, 0.1) is 13.8 Å². The van der Waals surface area contributed by atoms with Crippen LogP contribution in [0.3, 0.4) is 0 Å². The minimum absolute atomic E-state index is 0.481. The summed E-state index contributed by atoms with van der Waals surface area (Å²) in [6.07, 6.45) is 0. The highest BCUT2D eigenvalue weighted by atomic mass is 79.9. The summed E-state index contributed by atoms with van der Waals surface area (Å²) in [4.78, 5) is 0. The molecule has 3 nitrogen and oxygen atoms in total. The third-order valence-electron chi connectivity index (χ3n) is 4.54. The van der Waals surface area contributed by atoms with Crippen LogP contribution >= 0.6 is 27.5 Å². The van der Waals surface area contributed by atoms with Crippen molar-refractivity contribution in [3.8, 4) is 11.5 Å². The lowest BCUT2D eigenvalue weighted by molar-refractivity contribution is 0.282. The third kappa shape index (κ3) is 5.00. The lowest BCUT2D eigenvalue weighted by Gasteiger charge is -2.16. The lowest BCUT2D eigenvalue weighted by Crippen LogP contribution is -2.03. The molecule has 0 amide bonds. The molecular formula is C23H23BrClNO2. The van der Waals surface area contributed by atoms with Gasteiger partial charge in [0.15, 0.2) is 11.5 Å². The van der Waals surface area contributed by atoms with Crippen molar-refractivity contribution in [2.45, 2.75) is 27.0 Å². The Morgan fingerprint density at radius 2 is 1.75 bits per heavy atom. The monoisotopic (exact) mass is 459 g/mol. The summed E-state index contributed by atoms with van der Waals surface area (Å²) < 4.78 is 12.5. The molecule has 0 spiro atoms. The van der Waals surface area contributed by atoms with Crippen LogP contribution in [0.2, 0.25) is 5.02 Å². The molecule has 0 fully saturated rings. The highest BCUT2D eigenvalue weighted by Crippen LogP contribution is 2.37. The van der Waals surface area contributed by atoms with Gasteiger partial charge in [0.2, 0.25) is 0 Å². The first kappa shape index (κ1) is 20.6. The second-order valence-corrected chi connectivity index (χ2v) is 7.91. The maximum atomic E-state index is 6.20. The van der Waals surface area contributed by atoms with Gasteiger partial charge >= 0.3 is 0 Å². The van der Waals surface area contributed by atoms with Crippen molar-refractivity contribution in [2.24, 2.45) is 0 Å². The van der Waals surface area contributed by atoms with Gasteiger partial charge in [-0.15, -0.1) is 0 Å². The third-order valence-corrected chi connectivity index (χ3v) is 5.54. The summed E-state index contributed by atoms with van der Waals surface area (Å²) >= 11 is 9.82. The molecule has 0 aliphatic rings. The molecule has 0 atom stereocenters. The van der Waals surface area contributed by atoms with E-state index >= 15 is 0 Å². The molecule has 3 rings (SSSR count). The van der Waals surface area contributed by atoms with Crippen molar-refractivity contribution < 1.29 is 9.47 Å². The number of halogens is 2. The number of rotatable bonds is 7. The standard InChI is InChI=1S/C23H23BrClNO2/c1-15-7-9-17(10-8-15)14-28-23-19(24)11-18(12-22(23)27-3)13-26-21-6-4-5-20(25)16(21)2/h4-12,26H,13-14H2,1-3H3. The topological polar surface area (TPSA) is 30.5 Å². The summed E-state index contributed by atoms with van der Waals surface area (Å²) in [5, 5.41) is 4.18. The zero-order chi connectivity index (χ0) is 20.1. The van der Waals surface area contributed by atoms with Crippen LogP contribution in [0.25, 0.3) is 0 Å². The van der Waals surface area contributed by atoms with Gasteiger partial charge in [0.25, 0.3) is 0 Å². The Bertz CT molecular complexity index is 958. The van der Waals surface area contributed by atoms with Crippen molar-refractivity contribution >= 4 is 33.2 Å². The molecule has 0 radical (unpaired) electrons. The van der Waals surface area contributed by atoms with Crippen molar-refractivity contribution in [3.05, 3.63) is 86.3 Å². The quantitative estimate of drug-likeness (QED) is 0.415. The molecule has 0 aromatic heterocycles. The van der Waals surface area contributed by atoms with E-state index in [9.17, 15) is 0 Å². The minimum atomic E-state index is 0.481. The average molecular weight is 461 g/mol. The summed E-state index contributed by atoms with van der Waals surface area (Å²) in [5.74, 6) is 1.40. The number of nitrogens with one attached hydrogen (secondary N) is 1. The van der Waals surface area contributed by atoms with Gasteiger partial charge in [-0.1, -0.05) is 47.5 Å². The van der Waals surface area contributed by atoms with E-state index in [0.717, 1.165) is 31.9 Å². The van der Waals surface area contributed by atoms with E-state index in [1.807, 2.05) is 37.3 Å². The maximum Gasteiger partial charge on any atom is 0.175 e. The summed E-state index contributed by atoms with van der Waals surface area (Å²) in [6.45, 7) is 5.20.